The highest BCUT2D eigenvalue weighted by Gasteiger charge is 2.12. The number of anilines is 1. The van der Waals surface area contributed by atoms with E-state index >= 15 is 0 Å². The number of hydrogen-bond acceptors (Lipinski definition) is 3. The number of rotatable bonds is 8. The third kappa shape index (κ3) is 5.66. The number of ether oxygens (including phenoxy) is 2. The molecule has 0 aliphatic heterocycles. The number of hydrogen-bond donors (Lipinski definition) is 1. The van der Waals surface area contributed by atoms with Crippen LogP contribution < -0.4 is 14.8 Å². The van der Waals surface area contributed by atoms with E-state index in [0.29, 0.717) is 36.3 Å². The van der Waals surface area contributed by atoms with Crippen LogP contribution in [0.25, 0.3) is 0 Å². The largest absolute Gasteiger partial charge is 0.490 e. The fraction of sp³-hybridized carbons (Fsp3) is 0.217. The molecule has 3 rings (SSSR count). The average molecular weight is 461 g/mol. The van der Waals surface area contributed by atoms with Gasteiger partial charge in [0, 0.05) is 27.8 Å². The first kappa shape index (κ1) is 20.6. The smallest absolute Gasteiger partial charge is 0.163 e. The van der Waals surface area contributed by atoms with Gasteiger partial charge in [-0.15, -0.1) is 0 Å². The molecule has 3 aromatic carbocycles. The second kappa shape index (κ2) is 9.85. The number of aryl methyl sites for hydroxylation is 1. The van der Waals surface area contributed by atoms with Crippen LogP contribution in [0.1, 0.15) is 23.6 Å². The highest BCUT2D eigenvalue weighted by Crippen LogP contribution is 2.34. The van der Waals surface area contributed by atoms with E-state index in [1.54, 1.807) is 0 Å². The van der Waals surface area contributed by atoms with Gasteiger partial charge < -0.3 is 14.8 Å². The monoisotopic (exact) mass is 459 g/mol. The maximum atomic E-state index is 6.51. The van der Waals surface area contributed by atoms with Gasteiger partial charge in [0.1, 0.15) is 6.61 Å². The summed E-state index contributed by atoms with van der Waals surface area (Å²) in [6.07, 6.45) is 0. The number of nitrogens with one attached hydrogen (secondary N) is 1. The molecule has 0 spiro atoms. The van der Waals surface area contributed by atoms with Gasteiger partial charge in [0.25, 0.3) is 0 Å². The van der Waals surface area contributed by atoms with Crippen molar-refractivity contribution in [2.45, 2.75) is 27.0 Å². The third-order valence-electron chi connectivity index (χ3n) is 4.25. The Morgan fingerprint density at radius 1 is 0.929 bits per heavy atom. The molecule has 0 amide bonds. The van der Waals surface area contributed by atoms with E-state index in [9.17, 15) is 0 Å². The van der Waals surface area contributed by atoms with Crippen LogP contribution >= 0.6 is 27.5 Å². The van der Waals surface area contributed by atoms with Crippen LogP contribution in [0.5, 0.6) is 11.5 Å². The molecule has 0 aliphatic rings. The highest BCUT2D eigenvalue weighted by atomic mass is 79.9. The fourth-order valence-corrected chi connectivity index (χ4v) is 3.19. The summed E-state index contributed by atoms with van der Waals surface area (Å²) in [5, 5.41) is 4.02. The summed E-state index contributed by atoms with van der Waals surface area (Å²) in [4.78, 5) is 0. The van der Waals surface area contributed by atoms with Crippen LogP contribution in [0.15, 0.2) is 65.1 Å². The molecule has 146 valence electrons. The first-order chi connectivity index (χ1) is 13.5. The van der Waals surface area contributed by atoms with Crippen LogP contribution in [-0.2, 0) is 13.2 Å². The Balaban J connectivity index is 1.72. The average Bonchev–Trinajstić information content (AvgIpc) is 2.69. The molecule has 1 N–H and O–H groups in total. The predicted octanol–water partition coefficient (Wildman–Crippen LogP) is 7.00. The molecule has 0 saturated heterocycles. The van der Waals surface area contributed by atoms with Crippen molar-refractivity contribution in [1.29, 1.82) is 0 Å². The van der Waals surface area contributed by atoms with E-state index in [0.717, 1.165) is 21.3 Å². The lowest BCUT2D eigenvalue weighted by Crippen LogP contribution is -2.04. The zero-order valence-corrected chi connectivity index (χ0v) is 18.3. The van der Waals surface area contributed by atoms with E-state index in [1.165, 1.54) is 5.56 Å². The zero-order chi connectivity index (χ0) is 19.9. The summed E-state index contributed by atoms with van der Waals surface area (Å²) < 4.78 is 12.8. The van der Waals surface area contributed by atoms with Crippen LogP contribution in [0.4, 0.5) is 5.69 Å². The molecular weight excluding hydrogens is 438 g/mol. The maximum absolute atomic E-state index is 6.51. The molecule has 3 nitrogen and oxygen atoms in total. The summed E-state index contributed by atoms with van der Waals surface area (Å²) in [6, 6.07) is 20.1. The quantitative estimate of drug-likeness (QED) is 0.392. The first-order valence-corrected chi connectivity index (χ1v) is 10.3. The molecule has 0 radical (unpaired) electrons. The minimum Gasteiger partial charge on any atom is -0.490 e. The standard InChI is InChI=1S/C23H23BrClNO2/c1-3-27-22-12-18(14-26-20-10-8-19(24)9-11-20)21(25)13-23(22)28-15-17-6-4-16(2)5-7-17/h4-13,26H,3,14-15H2,1-2H3. The summed E-state index contributed by atoms with van der Waals surface area (Å²) >= 11 is 9.96. The molecule has 28 heavy (non-hydrogen) atoms. The molecule has 0 atom stereocenters. The van der Waals surface area contributed by atoms with Crippen molar-refractivity contribution in [3.05, 3.63) is 86.8 Å². The van der Waals surface area contributed by atoms with Crippen molar-refractivity contribution in [2.75, 3.05) is 11.9 Å². The lowest BCUT2D eigenvalue weighted by atomic mass is 10.1. The van der Waals surface area contributed by atoms with Crippen molar-refractivity contribution in [1.82, 2.24) is 0 Å². The van der Waals surface area contributed by atoms with Crippen molar-refractivity contribution in [3.8, 4) is 11.5 Å². The fourth-order valence-electron chi connectivity index (χ4n) is 2.70. The van der Waals surface area contributed by atoms with Crippen LogP contribution in [0, 0.1) is 6.92 Å². The Kier molecular flexibility index (Phi) is 7.24. The topological polar surface area (TPSA) is 30.5 Å². The van der Waals surface area contributed by atoms with Gasteiger partial charge in [0.05, 0.1) is 6.61 Å². The van der Waals surface area contributed by atoms with E-state index in [-0.39, 0.29) is 0 Å². The van der Waals surface area contributed by atoms with Crippen molar-refractivity contribution < 1.29 is 9.47 Å². The van der Waals surface area contributed by atoms with Gasteiger partial charge in [0.2, 0.25) is 0 Å². The zero-order valence-electron chi connectivity index (χ0n) is 16.0. The Morgan fingerprint density at radius 2 is 1.61 bits per heavy atom. The van der Waals surface area contributed by atoms with E-state index in [2.05, 4.69) is 52.4 Å². The highest BCUT2D eigenvalue weighted by molar-refractivity contribution is 9.10. The van der Waals surface area contributed by atoms with Gasteiger partial charge in [-0.25, -0.2) is 0 Å². The van der Waals surface area contributed by atoms with Gasteiger partial charge >= 0.3 is 0 Å². The minimum absolute atomic E-state index is 0.465. The molecular formula is C23H23BrClNO2. The molecule has 0 fully saturated rings. The molecule has 0 saturated carbocycles. The van der Waals surface area contributed by atoms with Gasteiger partial charge in [-0.05, 0) is 55.3 Å². The lowest BCUT2D eigenvalue weighted by Gasteiger charge is -2.16. The lowest BCUT2D eigenvalue weighted by molar-refractivity contribution is 0.269. The molecule has 0 aromatic heterocycles. The Bertz CT molecular complexity index is 911. The summed E-state index contributed by atoms with van der Waals surface area (Å²) in [5.41, 5.74) is 4.31. The third-order valence-corrected chi connectivity index (χ3v) is 5.14. The number of halogens is 2. The normalized spacial score (nSPS) is 10.6. The van der Waals surface area contributed by atoms with Crippen molar-refractivity contribution >= 4 is 33.2 Å². The summed E-state index contributed by atoms with van der Waals surface area (Å²) in [5.74, 6) is 1.35. The maximum Gasteiger partial charge on any atom is 0.163 e. The van der Waals surface area contributed by atoms with Gasteiger partial charge in [-0.2, -0.15) is 0 Å². The van der Waals surface area contributed by atoms with Gasteiger partial charge in [-0.3, -0.25) is 0 Å². The Labute approximate surface area is 179 Å². The van der Waals surface area contributed by atoms with E-state index in [4.69, 9.17) is 21.1 Å². The molecule has 5 heteroatoms. The van der Waals surface area contributed by atoms with Crippen LogP contribution in [0.3, 0.4) is 0 Å². The SMILES string of the molecule is CCOc1cc(CNc2ccc(Br)cc2)c(Cl)cc1OCc1ccc(C)cc1. The van der Waals surface area contributed by atoms with Gasteiger partial charge in [0.15, 0.2) is 11.5 Å². The Hall–Kier alpha value is -2.17. The molecule has 0 aliphatic carbocycles. The summed E-state index contributed by atoms with van der Waals surface area (Å²) in [7, 11) is 0. The summed E-state index contributed by atoms with van der Waals surface area (Å²) in [6.45, 7) is 5.64. The van der Waals surface area contributed by atoms with Gasteiger partial charge in [-0.1, -0.05) is 57.4 Å². The minimum atomic E-state index is 0.465. The van der Waals surface area contributed by atoms with E-state index in [1.807, 2.05) is 43.3 Å². The second-order valence-electron chi connectivity index (χ2n) is 6.46. The predicted molar refractivity (Wildman–Crippen MR) is 120 cm³/mol. The van der Waals surface area contributed by atoms with Crippen molar-refractivity contribution in [3.63, 3.8) is 0 Å². The number of benzene rings is 3. The molecule has 0 bridgehead atoms. The van der Waals surface area contributed by atoms with Crippen LogP contribution in [0.2, 0.25) is 5.02 Å². The first-order valence-electron chi connectivity index (χ1n) is 9.18. The molecule has 0 heterocycles. The molecule has 0 unspecified atom stereocenters. The Morgan fingerprint density at radius 3 is 2.29 bits per heavy atom. The second-order valence-corrected chi connectivity index (χ2v) is 7.78. The van der Waals surface area contributed by atoms with Crippen LogP contribution in [-0.4, -0.2) is 6.61 Å². The van der Waals surface area contributed by atoms with E-state index < -0.39 is 0 Å². The van der Waals surface area contributed by atoms with Crippen molar-refractivity contribution in [2.24, 2.45) is 0 Å². The molecule has 3 aromatic rings.